The topological polar surface area (TPSA) is 34.1 Å². The van der Waals surface area contributed by atoms with E-state index >= 15 is 0 Å². The summed E-state index contributed by atoms with van der Waals surface area (Å²) < 4.78 is 6.55. The van der Waals surface area contributed by atoms with Crippen molar-refractivity contribution >= 4 is 15.9 Å². The molecule has 112 valence electrons. The van der Waals surface area contributed by atoms with Gasteiger partial charge in [0.25, 0.3) is 0 Å². The van der Waals surface area contributed by atoms with Crippen molar-refractivity contribution in [2.75, 3.05) is 13.7 Å². The minimum Gasteiger partial charge on any atom is -0.496 e. The van der Waals surface area contributed by atoms with Crippen LogP contribution < -0.4 is 10.1 Å². The van der Waals surface area contributed by atoms with Gasteiger partial charge in [0.05, 0.1) is 7.11 Å². The molecule has 0 aliphatic carbocycles. The molecule has 1 aromatic heterocycles. The zero-order valence-corrected chi connectivity index (χ0v) is 14.1. The van der Waals surface area contributed by atoms with Crippen molar-refractivity contribution in [1.29, 1.82) is 0 Å². The third kappa shape index (κ3) is 4.55. The van der Waals surface area contributed by atoms with Crippen LogP contribution in [0.3, 0.4) is 0 Å². The molecule has 0 amide bonds. The number of hydrogen-bond acceptors (Lipinski definition) is 3. The Bertz CT molecular complexity index is 560. The Hall–Kier alpha value is -1.39. The average Bonchev–Trinajstić information content (AvgIpc) is 2.52. The highest BCUT2D eigenvalue weighted by Gasteiger charge is 2.14. The van der Waals surface area contributed by atoms with Crippen LogP contribution in [0.1, 0.15) is 30.5 Å². The van der Waals surface area contributed by atoms with Crippen molar-refractivity contribution in [3.05, 3.63) is 58.3 Å². The monoisotopic (exact) mass is 348 g/mol. The summed E-state index contributed by atoms with van der Waals surface area (Å²) in [5.74, 6) is 0.926. The quantitative estimate of drug-likeness (QED) is 0.816. The van der Waals surface area contributed by atoms with E-state index in [-0.39, 0.29) is 6.04 Å². The van der Waals surface area contributed by atoms with Crippen molar-refractivity contribution in [3.8, 4) is 5.75 Å². The maximum absolute atomic E-state index is 5.48. The highest BCUT2D eigenvalue weighted by Crippen LogP contribution is 2.27. The maximum Gasteiger partial charge on any atom is 0.122 e. The first-order valence-corrected chi connectivity index (χ1v) is 7.99. The van der Waals surface area contributed by atoms with E-state index in [1.54, 1.807) is 7.11 Å². The Labute approximate surface area is 134 Å². The summed E-state index contributed by atoms with van der Waals surface area (Å²) in [5.41, 5.74) is 2.44. The number of nitrogens with zero attached hydrogens (tertiary/aromatic N) is 1. The molecule has 1 atom stereocenters. The minimum atomic E-state index is 0.260. The van der Waals surface area contributed by atoms with Crippen molar-refractivity contribution in [3.63, 3.8) is 0 Å². The van der Waals surface area contributed by atoms with Crippen molar-refractivity contribution in [2.45, 2.75) is 25.8 Å². The van der Waals surface area contributed by atoms with E-state index < -0.39 is 0 Å². The largest absolute Gasteiger partial charge is 0.496 e. The number of rotatable bonds is 7. The Balaban J connectivity index is 2.24. The lowest BCUT2D eigenvalue weighted by Crippen LogP contribution is -2.24. The second kappa shape index (κ2) is 8.15. The van der Waals surface area contributed by atoms with Crippen LogP contribution in [0.2, 0.25) is 0 Å². The van der Waals surface area contributed by atoms with Gasteiger partial charge in [-0.25, -0.2) is 0 Å². The molecule has 0 bridgehead atoms. The highest BCUT2D eigenvalue weighted by atomic mass is 79.9. The number of nitrogens with one attached hydrogen (secondary N) is 1. The summed E-state index contributed by atoms with van der Waals surface area (Å²) in [4.78, 5) is 4.10. The zero-order valence-electron chi connectivity index (χ0n) is 12.5. The van der Waals surface area contributed by atoms with E-state index in [9.17, 15) is 0 Å². The second-order valence-corrected chi connectivity index (χ2v) is 5.86. The molecule has 1 heterocycles. The first-order chi connectivity index (χ1) is 10.2. The summed E-state index contributed by atoms with van der Waals surface area (Å²) in [5, 5.41) is 3.61. The molecule has 2 aromatic rings. The molecule has 0 saturated heterocycles. The van der Waals surface area contributed by atoms with Crippen LogP contribution >= 0.6 is 15.9 Å². The molecular formula is C17H21BrN2O. The highest BCUT2D eigenvalue weighted by molar-refractivity contribution is 9.10. The number of ether oxygens (including phenoxy) is 1. The number of halogens is 1. The van der Waals surface area contributed by atoms with Gasteiger partial charge in [-0.2, -0.15) is 0 Å². The third-order valence-electron chi connectivity index (χ3n) is 3.42. The molecule has 0 spiro atoms. The van der Waals surface area contributed by atoms with E-state index in [0.717, 1.165) is 29.6 Å². The fraction of sp³-hybridized carbons (Fsp3) is 0.353. The van der Waals surface area contributed by atoms with Crippen LogP contribution in [-0.2, 0) is 6.42 Å². The number of benzene rings is 1. The fourth-order valence-corrected chi connectivity index (χ4v) is 2.76. The van der Waals surface area contributed by atoms with Gasteiger partial charge in [0.15, 0.2) is 0 Å². The van der Waals surface area contributed by atoms with Crippen LogP contribution in [0.4, 0.5) is 0 Å². The maximum atomic E-state index is 5.48. The number of methoxy groups -OCH3 is 1. The van der Waals surface area contributed by atoms with Gasteiger partial charge in [0.1, 0.15) is 5.75 Å². The molecule has 1 N–H and O–H groups in total. The van der Waals surface area contributed by atoms with E-state index in [4.69, 9.17) is 4.74 Å². The fourth-order valence-electron chi connectivity index (χ4n) is 2.35. The Morgan fingerprint density at radius 1 is 1.24 bits per heavy atom. The van der Waals surface area contributed by atoms with Crippen molar-refractivity contribution in [1.82, 2.24) is 10.3 Å². The number of pyridine rings is 1. The predicted octanol–water partition coefficient (Wildman–Crippen LogP) is 4.14. The van der Waals surface area contributed by atoms with E-state index in [2.05, 4.69) is 51.4 Å². The van der Waals surface area contributed by atoms with Gasteiger partial charge in [-0.15, -0.1) is 0 Å². The third-order valence-corrected chi connectivity index (χ3v) is 3.91. The molecular weight excluding hydrogens is 328 g/mol. The van der Waals surface area contributed by atoms with E-state index in [1.807, 2.05) is 24.5 Å². The normalized spacial score (nSPS) is 12.1. The van der Waals surface area contributed by atoms with Gasteiger partial charge in [0.2, 0.25) is 0 Å². The summed E-state index contributed by atoms with van der Waals surface area (Å²) in [6.45, 7) is 3.17. The van der Waals surface area contributed by atoms with E-state index in [0.29, 0.717) is 0 Å². The molecule has 1 unspecified atom stereocenters. The standard InChI is InChI=1S/C17H21BrN2O/c1-3-8-20-16(13-6-9-19-10-7-13)12-14-11-15(18)4-5-17(14)21-2/h4-7,9-11,16,20H,3,8,12H2,1-2H3. The van der Waals surface area contributed by atoms with Gasteiger partial charge in [0, 0.05) is 22.9 Å². The van der Waals surface area contributed by atoms with Crippen molar-refractivity contribution < 1.29 is 4.74 Å². The molecule has 0 fully saturated rings. The van der Waals surface area contributed by atoms with Crippen LogP contribution in [0.25, 0.3) is 0 Å². The lowest BCUT2D eigenvalue weighted by Gasteiger charge is -2.20. The molecule has 3 nitrogen and oxygen atoms in total. The lowest BCUT2D eigenvalue weighted by atomic mass is 9.99. The molecule has 21 heavy (non-hydrogen) atoms. The number of aromatic nitrogens is 1. The Kier molecular flexibility index (Phi) is 6.21. The number of hydrogen-bond donors (Lipinski definition) is 1. The SMILES string of the molecule is CCCNC(Cc1cc(Br)ccc1OC)c1ccncc1. The molecule has 4 heteroatoms. The first-order valence-electron chi connectivity index (χ1n) is 7.20. The second-order valence-electron chi connectivity index (χ2n) is 4.95. The van der Waals surface area contributed by atoms with Crippen LogP contribution in [0, 0.1) is 0 Å². The smallest absolute Gasteiger partial charge is 0.122 e. The van der Waals surface area contributed by atoms with Gasteiger partial charge < -0.3 is 10.1 Å². The summed E-state index contributed by atoms with van der Waals surface area (Å²) in [7, 11) is 1.72. The van der Waals surface area contributed by atoms with Gasteiger partial charge in [-0.1, -0.05) is 22.9 Å². The van der Waals surface area contributed by atoms with Crippen LogP contribution in [-0.4, -0.2) is 18.6 Å². The predicted molar refractivity (Wildman–Crippen MR) is 89.7 cm³/mol. The average molecular weight is 349 g/mol. The van der Waals surface area contributed by atoms with Gasteiger partial charge in [-0.05, 0) is 60.8 Å². The zero-order chi connectivity index (χ0) is 15.1. The minimum absolute atomic E-state index is 0.260. The molecule has 0 aliphatic heterocycles. The summed E-state index contributed by atoms with van der Waals surface area (Å²) in [6.07, 6.45) is 5.67. The summed E-state index contributed by atoms with van der Waals surface area (Å²) >= 11 is 3.54. The van der Waals surface area contributed by atoms with Crippen molar-refractivity contribution in [2.24, 2.45) is 0 Å². The summed E-state index contributed by atoms with van der Waals surface area (Å²) in [6, 6.07) is 10.5. The first kappa shape index (κ1) is 16.0. The van der Waals surface area contributed by atoms with E-state index in [1.165, 1.54) is 11.1 Å². The molecule has 2 rings (SSSR count). The molecule has 0 radical (unpaired) electrons. The molecule has 0 saturated carbocycles. The van der Waals surface area contributed by atoms with Gasteiger partial charge in [-0.3, -0.25) is 4.98 Å². The molecule has 0 aliphatic rings. The van der Waals surface area contributed by atoms with Crippen LogP contribution in [0.15, 0.2) is 47.2 Å². The lowest BCUT2D eigenvalue weighted by molar-refractivity contribution is 0.405. The Morgan fingerprint density at radius 2 is 2.00 bits per heavy atom. The molecule has 1 aromatic carbocycles. The van der Waals surface area contributed by atoms with Crippen LogP contribution in [0.5, 0.6) is 5.75 Å². The van der Waals surface area contributed by atoms with Gasteiger partial charge >= 0.3 is 0 Å². The Morgan fingerprint density at radius 3 is 2.67 bits per heavy atom.